The van der Waals surface area contributed by atoms with Crippen LogP contribution in [0.1, 0.15) is 25.8 Å². The largest absolute Gasteiger partial charge is 0.379 e. The van der Waals surface area contributed by atoms with Crippen LogP contribution in [0.3, 0.4) is 0 Å². The van der Waals surface area contributed by atoms with Gasteiger partial charge in [-0.1, -0.05) is 0 Å². The fraction of sp³-hybridized carbons (Fsp3) is 0.409. The van der Waals surface area contributed by atoms with E-state index in [2.05, 4.69) is 21.5 Å². The Morgan fingerprint density at radius 2 is 2.03 bits per heavy atom. The van der Waals surface area contributed by atoms with Crippen molar-refractivity contribution >= 4 is 32.4 Å². The third kappa shape index (κ3) is 3.70. The van der Waals surface area contributed by atoms with E-state index < -0.39 is 10.0 Å². The summed E-state index contributed by atoms with van der Waals surface area (Å²) in [4.78, 5) is 15.5. The first kappa shape index (κ1) is 21.6. The fourth-order valence-electron chi connectivity index (χ4n) is 4.39. The Balaban J connectivity index is 1.48. The SMILES string of the molecule is CC1CCN1S(=O)(=O)c1ccc(Nc2nn(C3COCCC3C#N)c3cc[nH]c(=O)c23)cc1. The van der Waals surface area contributed by atoms with Gasteiger partial charge in [0.25, 0.3) is 5.56 Å². The van der Waals surface area contributed by atoms with Gasteiger partial charge < -0.3 is 15.0 Å². The van der Waals surface area contributed by atoms with E-state index in [0.717, 1.165) is 6.42 Å². The van der Waals surface area contributed by atoms with Crippen LogP contribution in [0.4, 0.5) is 11.5 Å². The molecule has 3 unspecified atom stereocenters. The number of rotatable bonds is 5. The van der Waals surface area contributed by atoms with E-state index >= 15 is 0 Å². The number of pyridine rings is 1. The molecule has 0 bridgehead atoms. The first-order valence-corrected chi connectivity index (χ1v) is 12.3. The normalized spacial score (nSPS) is 23.7. The number of fused-ring (bicyclic) bond motifs is 1. The lowest BCUT2D eigenvalue weighted by atomic mass is 9.96. The number of H-pyrrole nitrogens is 1. The molecule has 0 saturated carbocycles. The molecule has 0 radical (unpaired) electrons. The molecule has 3 aromatic rings. The number of aromatic nitrogens is 3. The number of aromatic amines is 1. The van der Waals surface area contributed by atoms with Gasteiger partial charge in [-0.2, -0.15) is 14.7 Å². The van der Waals surface area contributed by atoms with E-state index in [-0.39, 0.29) is 28.5 Å². The Bertz CT molecular complexity index is 1390. The highest BCUT2D eigenvalue weighted by Crippen LogP contribution is 2.32. The van der Waals surface area contributed by atoms with Crippen molar-refractivity contribution in [2.24, 2.45) is 5.92 Å². The number of nitrogens with one attached hydrogen (secondary N) is 2. The van der Waals surface area contributed by atoms with Crippen molar-refractivity contribution in [1.29, 1.82) is 5.26 Å². The van der Waals surface area contributed by atoms with E-state index in [4.69, 9.17) is 4.74 Å². The molecule has 1 aromatic carbocycles. The monoisotopic (exact) mass is 468 g/mol. The Kier molecular flexibility index (Phi) is 5.44. The van der Waals surface area contributed by atoms with Crippen LogP contribution >= 0.6 is 0 Å². The van der Waals surface area contributed by atoms with Crippen molar-refractivity contribution in [2.75, 3.05) is 25.1 Å². The van der Waals surface area contributed by atoms with Gasteiger partial charge in [0, 0.05) is 31.1 Å². The second-order valence-corrected chi connectivity index (χ2v) is 10.3. The lowest BCUT2D eigenvalue weighted by Gasteiger charge is -2.37. The van der Waals surface area contributed by atoms with E-state index in [0.29, 0.717) is 48.6 Å². The summed E-state index contributed by atoms with van der Waals surface area (Å²) in [5.41, 5.74) is 0.887. The Hall–Kier alpha value is -3.20. The van der Waals surface area contributed by atoms with Gasteiger partial charge in [-0.25, -0.2) is 8.42 Å². The Labute approximate surface area is 190 Å². The standard InChI is InChI=1S/C22H24N6O4S/c1-14-7-10-27(14)33(30,31)17-4-2-16(3-5-17)25-21-20-18(6-9-24-22(20)29)28(26-21)19-13-32-11-8-15(19)12-23/h2-6,9,14-15,19H,7-8,10-11,13H2,1H3,(H,24,29)(H,25,26). The van der Waals surface area contributed by atoms with Crippen LogP contribution in [-0.4, -0.2) is 53.3 Å². The number of nitrogens with zero attached hydrogens (tertiary/aromatic N) is 4. The third-order valence-electron chi connectivity index (χ3n) is 6.42. The van der Waals surface area contributed by atoms with E-state index in [1.54, 1.807) is 41.2 Å². The van der Waals surface area contributed by atoms with Gasteiger partial charge >= 0.3 is 0 Å². The van der Waals surface area contributed by atoms with Crippen molar-refractivity contribution < 1.29 is 13.2 Å². The first-order valence-electron chi connectivity index (χ1n) is 10.9. The number of benzene rings is 1. The number of nitriles is 1. The summed E-state index contributed by atoms with van der Waals surface area (Å²) < 4.78 is 34.3. The van der Waals surface area contributed by atoms with Crippen LogP contribution < -0.4 is 10.9 Å². The maximum absolute atomic E-state index is 12.8. The zero-order valence-corrected chi connectivity index (χ0v) is 18.9. The highest BCUT2D eigenvalue weighted by Gasteiger charge is 2.35. The Morgan fingerprint density at radius 1 is 1.24 bits per heavy atom. The van der Waals surface area contributed by atoms with Gasteiger partial charge in [0.05, 0.1) is 35.0 Å². The molecular formula is C22H24N6O4S. The number of hydrogen-bond acceptors (Lipinski definition) is 7. The average molecular weight is 469 g/mol. The summed E-state index contributed by atoms with van der Waals surface area (Å²) in [6, 6.07) is 10.2. The predicted octanol–water partition coefficient (Wildman–Crippen LogP) is 2.35. The maximum Gasteiger partial charge on any atom is 0.261 e. The van der Waals surface area contributed by atoms with Crippen LogP contribution in [0.2, 0.25) is 0 Å². The first-order chi connectivity index (χ1) is 15.9. The van der Waals surface area contributed by atoms with Crippen LogP contribution in [0.25, 0.3) is 10.9 Å². The second kappa shape index (κ2) is 8.30. The van der Waals surface area contributed by atoms with Gasteiger partial charge in [-0.05, 0) is 50.1 Å². The molecule has 172 valence electrons. The van der Waals surface area contributed by atoms with Crippen LogP contribution in [0.5, 0.6) is 0 Å². The number of hydrogen-bond donors (Lipinski definition) is 2. The van der Waals surface area contributed by atoms with Gasteiger partial charge in [-0.15, -0.1) is 0 Å². The Morgan fingerprint density at radius 3 is 2.70 bits per heavy atom. The summed E-state index contributed by atoms with van der Waals surface area (Å²) in [5.74, 6) is 0.0588. The number of anilines is 2. The minimum atomic E-state index is -3.52. The topological polar surface area (TPSA) is 133 Å². The van der Waals surface area contributed by atoms with Gasteiger partial charge in [0.2, 0.25) is 10.0 Å². The van der Waals surface area contributed by atoms with Crippen molar-refractivity contribution in [3.05, 3.63) is 46.9 Å². The van der Waals surface area contributed by atoms with E-state index in [1.165, 1.54) is 4.31 Å². The molecule has 3 atom stereocenters. The van der Waals surface area contributed by atoms with Crippen LogP contribution in [0.15, 0.2) is 46.2 Å². The summed E-state index contributed by atoms with van der Waals surface area (Å²) in [5, 5.41) is 17.7. The molecule has 0 spiro atoms. The van der Waals surface area contributed by atoms with E-state index in [1.807, 2.05) is 6.92 Å². The minimum Gasteiger partial charge on any atom is -0.379 e. The fourth-order valence-corrected chi connectivity index (χ4v) is 6.06. The summed E-state index contributed by atoms with van der Waals surface area (Å²) in [7, 11) is -3.52. The average Bonchev–Trinajstić information content (AvgIpc) is 3.17. The van der Waals surface area contributed by atoms with Crippen molar-refractivity contribution in [3.63, 3.8) is 0 Å². The van der Waals surface area contributed by atoms with Gasteiger partial charge in [0.15, 0.2) is 5.82 Å². The molecule has 2 aliphatic heterocycles. The predicted molar refractivity (Wildman–Crippen MR) is 122 cm³/mol. The molecule has 33 heavy (non-hydrogen) atoms. The summed E-state index contributed by atoms with van der Waals surface area (Å²) in [6.07, 6.45) is 3.01. The minimum absolute atomic E-state index is 0.0101. The lowest BCUT2D eigenvalue weighted by Crippen LogP contribution is -2.49. The molecule has 2 aromatic heterocycles. The van der Waals surface area contributed by atoms with Crippen LogP contribution in [0, 0.1) is 17.2 Å². The molecule has 2 N–H and O–H groups in total. The summed E-state index contributed by atoms with van der Waals surface area (Å²) >= 11 is 0. The van der Waals surface area contributed by atoms with Gasteiger partial charge in [-0.3, -0.25) is 9.48 Å². The molecule has 2 fully saturated rings. The molecule has 0 amide bonds. The molecule has 10 nitrogen and oxygen atoms in total. The number of sulfonamides is 1. The van der Waals surface area contributed by atoms with E-state index in [9.17, 15) is 18.5 Å². The lowest BCUT2D eigenvalue weighted by molar-refractivity contribution is 0.0359. The highest BCUT2D eigenvalue weighted by atomic mass is 32.2. The van der Waals surface area contributed by atoms with Crippen molar-refractivity contribution in [1.82, 2.24) is 19.1 Å². The molecule has 11 heteroatoms. The smallest absolute Gasteiger partial charge is 0.261 e. The molecule has 2 aliphatic rings. The number of ether oxygens (including phenoxy) is 1. The molecular weight excluding hydrogens is 444 g/mol. The zero-order valence-electron chi connectivity index (χ0n) is 18.1. The zero-order chi connectivity index (χ0) is 23.2. The quantitative estimate of drug-likeness (QED) is 0.587. The molecule has 4 heterocycles. The van der Waals surface area contributed by atoms with Gasteiger partial charge in [0.1, 0.15) is 5.39 Å². The molecule has 2 saturated heterocycles. The molecule has 5 rings (SSSR count). The summed E-state index contributed by atoms with van der Waals surface area (Å²) in [6.45, 7) is 3.28. The maximum atomic E-state index is 12.8. The second-order valence-electron chi connectivity index (χ2n) is 8.43. The third-order valence-corrected chi connectivity index (χ3v) is 8.45. The van der Waals surface area contributed by atoms with Crippen LogP contribution in [-0.2, 0) is 14.8 Å². The van der Waals surface area contributed by atoms with Crippen molar-refractivity contribution in [3.8, 4) is 6.07 Å². The highest BCUT2D eigenvalue weighted by molar-refractivity contribution is 7.89. The molecule has 0 aliphatic carbocycles. The van der Waals surface area contributed by atoms with Crippen molar-refractivity contribution in [2.45, 2.75) is 36.7 Å².